The van der Waals surface area contributed by atoms with Crippen LogP contribution in [0.4, 0.5) is 0 Å². The number of hydrogen-bond acceptors (Lipinski definition) is 0. The Hall–Kier alpha value is 1.82. The Morgan fingerprint density at radius 2 is 0.900 bits per heavy atom. The minimum Gasteiger partial charge on any atom is -0.0654 e. The van der Waals surface area contributed by atoms with Gasteiger partial charge in [-0.1, -0.05) is 97.2 Å². The minimum absolute atomic E-state index is 0.218. The lowest BCUT2D eigenvalue weighted by Crippen LogP contribution is -1.82. The molecule has 0 nitrogen and oxygen atoms in total. The van der Waals surface area contributed by atoms with E-state index in [9.17, 15) is 0 Å². The maximum Gasteiger partial charge on any atom is -0.0227 e. The van der Waals surface area contributed by atoms with Crippen molar-refractivity contribution in [3.63, 3.8) is 0 Å². The third kappa shape index (κ3) is 22.1. The van der Waals surface area contributed by atoms with Crippen LogP contribution in [0.1, 0.15) is 79.1 Å². The van der Waals surface area contributed by atoms with E-state index in [-0.39, 0.29) is 13.2 Å². The van der Waals surface area contributed by atoms with Gasteiger partial charge < -0.3 is 0 Å². The van der Waals surface area contributed by atoms with Crippen molar-refractivity contribution >= 4 is 44.2 Å². The third-order valence-corrected chi connectivity index (χ3v) is 11.3. The molecule has 0 saturated carbocycles. The van der Waals surface area contributed by atoms with Gasteiger partial charge in [0.2, 0.25) is 0 Å². The number of hydrogen-bond donors (Lipinski definition) is 0. The maximum absolute atomic E-state index is 3.69. The zero-order chi connectivity index (χ0) is 15.6. The van der Waals surface area contributed by atoms with E-state index >= 15 is 0 Å². The van der Waals surface area contributed by atoms with Gasteiger partial charge in [0, 0.05) is 0 Å². The van der Waals surface area contributed by atoms with Crippen molar-refractivity contribution in [1.82, 2.24) is 0 Å². The Bertz CT molecular complexity index is 151. The van der Waals surface area contributed by atoms with Crippen LogP contribution >= 0.6 is 44.2 Å². The second-order valence-corrected chi connectivity index (χ2v) is 15.2. The first-order valence-electron chi connectivity index (χ1n) is 8.43. The summed E-state index contributed by atoms with van der Waals surface area (Å²) >= 11 is 7.39. The minimum atomic E-state index is 0.218. The van der Waals surface area contributed by atoms with Gasteiger partial charge in [0.25, 0.3) is 0 Å². The highest BCUT2D eigenvalue weighted by Gasteiger charge is 1.98. The van der Waals surface area contributed by atoms with E-state index in [1.54, 1.807) is 0 Å². The fourth-order valence-electron chi connectivity index (χ4n) is 1.74. The van der Waals surface area contributed by atoms with Gasteiger partial charge in [-0.05, 0) is 50.7 Å². The molecule has 0 rings (SSSR count). The van der Waals surface area contributed by atoms with Gasteiger partial charge in [-0.2, -0.15) is 0 Å². The second-order valence-electron chi connectivity index (χ2n) is 5.13. The van der Waals surface area contributed by atoms with Crippen molar-refractivity contribution in [1.29, 1.82) is 0 Å². The van der Waals surface area contributed by atoms with E-state index in [1.165, 1.54) is 76.0 Å². The van der Waals surface area contributed by atoms with Crippen LogP contribution < -0.4 is 0 Å². The summed E-state index contributed by atoms with van der Waals surface area (Å²) in [6.45, 7) is 9.48. The van der Waals surface area contributed by atoms with Gasteiger partial charge in [-0.15, -0.1) is 0 Å². The van der Waals surface area contributed by atoms with Crippen molar-refractivity contribution in [2.45, 2.75) is 79.1 Å². The summed E-state index contributed by atoms with van der Waals surface area (Å²) in [6, 6.07) is 0. The summed E-state index contributed by atoms with van der Waals surface area (Å²) in [6.07, 6.45) is 16.8. The fourth-order valence-corrected chi connectivity index (χ4v) is 5.01. The molecule has 0 aliphatic heterocycles. The summed E-state index contributed by atoms with van der Waals surface area (Å²) in [5, 5.41) is 0. The molecule has 0 N–H and O–H groups in total. The first-order chi connectivity index (χ1) is 9.62. The molecule has 0 aliphatic rings. The predicted octanol–water partition coefficient (Wildman–Crippen LogP) is 8.76. The van der Waals surface area contributed by atoms with Crippen molar-refractivity contribution in [3.05, 3.63) is 0 Å². The van der Waals surface area contributed by atoms with Crippen molar-refractivity contribution in [2.75, 3.05) is 24.6 Å². The van der Waals surface area contributed by atoms with Crippen LogP contribution in [0, 0.1) is 0 Å². The molecule has 124 valence electrons. The Labute approximate surface area is 147 Å². The highest BCUT2D eigenvalue weighted by Crippen LogP contribution is 2.44. The molecule has 0 fully saturated rings. The Balaban J connectivity index is 0. The molecule has 0 bridgehead atoms. The average Bonchev–Trinajstić information content (AvgIpc) is 2.48. The molecule has 0 aromatic heterocycles. The molecular formula is C16H36Br2P2. The third-order valence-electron chi connectivity index (χ3n) is 3.19. The average molecular weight is 450 g/mol. The predicted molar refractivity (Wildman–Crippen MR) is 111 cm³/mol. The van der Waals surface area contributed by atoms with E-state index in [0.29, 0.717) is 0 Å². The Morgan fingerprint density at radius 3 is 1.15 bits per heavy atom. The molecule has 0 amide bonds. The van der Waals surface area contributed by atoms with Crippen molar-refractivity contribution in [2.24, 2.45) is 0 Å². The zero-order valence-electron chi connectivity index (χ0n) is 14.1. The SMILES string of the molecule is CCCCCCP(Br)CC.CCCCCCP(Br)CC. The molecule has 20 heavy (non-hydrogen) atoms. The molecule has 0 aromatic carbocycles. The lowest BCUT2D eigenvalue weighted by atomic mass is 10.2. The van der Waals surface area contributed by atoms with E-state index in [4.69, 9.17) is 0 Å². The summed E-state index contributed by atoms with van der Waals surface area (Å²) in [5.41, 5.74) is 0. The molecule has 0 saturated heterocycles. The van der Waals surface area contributed by atoms with Gasteiger partial charge in [-0.25, -0.2) is 0 Å². The highest BCUT2D eigenvalue weighted by atomic mass is 79.9. The van der Waals surface area contributed by atoms with E-state index in [1.807, 2.05) is 0 Å². The molecule has 0 radical (unpaired) electrons. The van der Waals surface area contributed by atoms with Crippen LogP contribution in [-0.2, 0) is 0 Å². The Kier molecular flexibility index (Phi) is 25.1. The van der Waals surface area contributed by atoms with Gasteiger partial charge >= 0.3 is 0 Å². The lowest BCUT2D eigenvalue weighted by Gasteiger charge is -2.04. The van der Waals surface area contributed by atoms with E-state index in [0.717, 1.165) is 0 Å². The monoisotopic (exact) mass is 448 g/mol. The van der Waals surface area contributed by atoms with Gasteiger partial charge in [0.1, 0.15) is 0 Å². The molecule has 0 aromatic rings. The van der Waals surface area contributed by atoms with E-state index in [2.05, 4.69) is 58.7 Å². The standard InChI is InChI=1S/2C8H18BrP/c2*1-3-5-6-7-8-10(9)4-2/h2*3-8H2,1-2H3. The maximum atomic E-state index is 3.69. The number of halogens is 2. The number of rotatable bonds is 12. The molecule has 2 atom stereocenters. The van der Waals surface area contributed by atoms with Crippen LogP contribution in [0.5, 0.6) is 0 Å². The largest absolute Gasteiger partial charge is 0.0654 e. The molecule has 0 aliphatic carbocycles. The van der Waals surface area contributed by atoms with Gasteiger partial charge in [0.05, 0.1) is 0 Å². The molecule has 4 heteroatoms. The van der Waals surface area contributed by atoms with Crippen LogP contribution in [0.3, 0.4) is 0 Å². The van der Waals surface area contributed by atoms with Crippen LogP contribution in [0.25, 0.3) is 0 Å². The normalized spacial score (nSPS) is 13.5. The molecule has 0 heterocycles. The van der Waals surface area contributed by atoms with Gasteiger partial charge in [0.15, 0.2) is 0 Å². The summed E-state index contributed by atoms with van der Waals surface area (Å²) < 4.78 is 0. The highest BCUT2D eigenvalue weighted by molar-refractivity contribution is 9.39. The molecule has 0 spiro atoms. The fraction of sp³-hybridized carbons (Fsp3) is 1.00. The second kappa shape index (κ2) is 20.8. The smallest absolute Gasteiger partial charge is 0.0227 e. The van der Waals surface area contributed by atoms with Crippen molar-refractivity contribution in [3.8, 4) is 0 Å². The summed E-state index contributed by atoms with van der Waals surface area (Å²) in [5.74, 6) is 0. The molecular weight excluding hydrogens is 414 g/mol. The molecule has 2 unspecified atom stereocenters. The summed E-state index contributed by atoms with van der Waals surface area (Å²) in [7, 11) is 0. The Morgan fingerprint density at radius 1 is 0.550 bits per heavy atom. The first kappa shape index (κ1) is 24.1. The van der Waals surface area contributed by atoms with Crippen LogP contribution in [-0.4, -0.2) is 24.6 Å². The van der Waals surface area contributed by atoms with Crippen molar-refractivity contribution < 1.29 is 0 Å². The van der Waals surface area contributed by atoms with Crippen LogP contribution in [0.15, 0.2) is 0 Å². The topological polar surface area (TPSA) is 0 Å². The summed E-state index contributed by atoms with van der Waals surface area (Å²) in [4.78, 5) is 0. The first-order valence-corrected chi connectivity index (χ1v) is 15.9. The van der Waals surface area contributed by atoms with Crippen LogP contribution in [0.2, 0.25) is 0 Å². The number of unbranched alkanes of at least 4 members (excludes halogenated alkanes) is 6. The lowest BCUT2D eigenvalue weighted by molar-refractivity contribution is 0.705. The zero-order valence-corrected chi connectivity index (χ0v) is 19.1. The van der Waals surface area contributed by atoms with Gasteiger partial charge in [-0.3, -0.25) is 0 Å². The van der Waals surface area contributed by atoms with E-state index < -0.39 is 0 Å². The quantitative estimate of drug-likeness (QED) is 0.206.